The van der Waals surface area contributed by atoms with Crippen LogP contribution in [-0.4, -0.2) is 41.1 Å². The van der Waals surface area contributed by atoms with Gasteiger partial charge in [-0.15, -0.1) is 0 Å². The van der Waals surface area contributed by atoms with Crippen LogP contribution in [-0.2, 0) is 5.60 Å². The molecule has 0 saturated carbocycles. The Kier molecular flexibility index (Phi) is 4.55. The number of carbonyl (C=O) groups excluding carboxylic acids is 1. The lowest BCUT2D eigenvalue weighted by molar-refractivity contribution is 0.0417. The largest absolute Gasteiger partial charge is 0.494 e. The van der Waals surface area contributed by atoms with Crippen molar-refractivity contribution in [2.75, 3.05) is 20.2 Å². The van der Waals surface area contributed by atoms with Gasteiger partial charge in [0.1, 0.15) is 16.9 Å². The van der Waals surface area contributed by atoms with Crippen molar-refractivity contribution in [3.8, 4) is 5.75 Å². The van der Waals surface area contributed by atoms with Gasteiger partial charge in [0.05, 0.1) is 24.9 Å². The molecule has 5 heteroatoms. The molecule has 4 rings (SSSR count). The number of carbonyl (C=O) groups is 1. The van der Waals surface area contributed by atoms with Crippen molar-refractivity contribution in [2.45, 2.75) is 25.9 Å². The summed E-state index contributed by atoms with van der Waals surface area (Å²) in [6, 6.07) is 15.4. The summed E-state index contributed by atoms with van der Waals surface area (Å²) in [5, 5.41) is 12.0. The number of ether oxygens (including phenoxy) is 1. The van der Waals surface area contributed by atoms with Crippen LogP contribution in [0, 0.1) is 13.8 Å². The number of pyridine rings is 1. The van der Waals surface area contributed by atoms with E-state index in [0.717, 1.165) is 22.0 Å². The molecule has 3 aromatic rings. The zero-order valence-electron chi connectivity index (χ0n) is 16.4. The van der Waals surface area contributed by atoms with Crippen LogP contribution in [0.4, 0.5) is 0 Å². The Bertz CT molecular complexity index is 1050. The first kappa shape index (κ1) is 18.4. The average Bonchev–Trinajstić information content (AvgIpc) is 3.10. The van der Waals surface area contributed by atoms with Crippen LogP contribution in [0.3, 0.4) is 0 Å². The third-order valence-corrected chi connectivity index (χ3v) is 5.57. The van der Waals surface area contributed by atoms with Crippen molar-refractivity contribution < 1.29 is 14.6 Å². The van der Waals surface area contributed by atoms with Crippen molar-refractivity contribution in [2.24, 2.45) is 0 Å². The number of rotatable bonds is 3. The third kappa shape index (κ3) is 3.12. The van der Waals surface area contributed by atoms with E-state index in [1.165, 1.54) is 0 Å². The lowest BCUT2D eigenvalue weighted by Gasteiger charge is -2.24. The number of aryl methyl sites for hydroxylation is 2. The van der Waals surface area contributed by atoms with Crippen LogP contribution >= 0.6 is 0 Å². The Morgan fingerprint density at radius 1 is 1.18 bits per heavy atom. The molecule has 0 radical (unpaired) electrons. The summed E-state index contributed by atoms with van der Waals surface area (Å²) in [5.74, 6) is 0.590. The fraction of sp³-hybridized carbons (Fsp3) is 0.304. The molecule has 1 aliphatic heterocycles. The van der Waals surface area contributed by atoms with Gasteiger partial charge in [-0.1, -0.05) is 42.0 Å². The minimum Gasteiger partial charge on any atom is -0.494 e. The van der Waals surface area contributed by atoms with E-state index in [1.807, 2.05) is 62.4 Å². The fourth-order valence-corrected chi connectivity index (χ4v) is 3.88. The summed E-state index contributed by atoms with van der Waals surface area (Å²) in [6.45, 7) is 4.65. The Balaban J connectivity index is 1.63. The van der Waals surface area contributed by atoms with Crippen molar-refractivity contribution in [1.29, 1.82) is 0 Å². The van der Waals surface area contributed by atoms with Crippen LogP contribution in [0.1, 0.15) is 33.6 Å². The molecule has 2 heterocycles. The molecule has 144 valence electrons. The molecule has 1 saturated heterocycles. The maximum absolute atomic E-state index is 13.2. The summed E-state index contributed by atoms with van der Waals surface area (Å²) in [6.07, 6.45) is 0.523. The minimum absolute atomic E-state index is 0.0993. The molecule has 1 aromatic heterocycles. The van der Waals surface area contributed by atoms with Crippen LogP contribution in [0.15, 0.2) is 48.5 Å². The lowest BCUT2D eigenvalue weighted by atomic mass is 9.92. The number of hydrogen-bond acceptors (Lipinski definition) is 4. The van der Waals surface area contributed by atoms with Crippen LogP contribution < -0.4 is 4.74 Å². The molecule has 0 unspecified atom stereocenters. The predicted octanol–water partition coefficient (Wildman–Crippen LogP) is 3.59. The molecule has 2 aromatic carbocycles. The number of fused-ring (bicyclic) bond motifs is 1. The molecule has 0 spiro atoms. The highest BCUT2D eigenvalue weighted by atomic mass is 16.5. The molecule has 1 N–H and O–H groups in total. The summed E-state index contributed by atoms with van der Waals surface area (Å²) in [7, 11) is 1.61. The standard InChI is InChI=1S/C23H24N2O3/c1-15-7-9-18(10-8-15)23(27)11-12-25(14-23)22(26)19-13-17-5-4-6-20(28-3)21(17)24-16(19)2/h4-10,13,27H,11-12,14H2,1-3H3/t23-/m0/s1. The van der Waals surface area contributed by atoms with Crippen molar-refractivity contribution >= 4 is 16.8 Å². The van der Waals surface area contributed by atoms with Crippen LogP contribution in [0.2, 0.25) is 0 Å². The van der Waals surface area contributed by atoms with Crippen molar-refractivity contribution in [3.05, 3.63) is 70.9 Å². The van der Waals surface area contributed by atoms with Gasteiger partial charge < -0.3 is 14.7 Å². The second kappa shape index (κ2) is 6.91. The van der Waals surface area contributed by atoms with Gasteiger partial charge in [-0.25, -0.2) is 4.98 Å². The zero-order chi connectivity index (χ0) is 19.9. The highest BCUT2D eigenvalue weighted by Crippen LogP contribution is 2.33. The van der Waals surface area contributed by atoms with Gasteiger partial charge in [0, 0.05) is 11.9 Å². The number of methoxy groups -OCH3 is 1. The van der Waals surface area contributed by atoms with Gasteiger partial charge in [-0.05, 0) is 38.0 Å². The lowest BCUT2D eigenvalue weighted by Crippen LogP contribution is -2.34. The number of amides is 1. The Hall–Kier alpha value is -2.92. The highest BCUT2D eigenvalue weighted by molar-refractivity contribution is 5.99. The zero-order valence-corrected chi connectivity index (χ0v) is 16.4. The van der Waals surface area contributed by atoms with Crippen LogP contribution in [0.25, 0.3) is 10.9 Å². The molecule has 28 heavy (non-hydrogen) atoms. The van der Waals surface area contributed by atoms with E-state index in [2.05, 4.69) is 4.98 Å². The van der Waals surface area contributed by atoms with E-state index in [0.29, 0.717) is 30.0 Å². The first-order chi connectivity index (χ1) is 13.4. The first-order valence-corrected chi connectivity index (χ1v) is 9.44. The fourth-order valence-electron chi connectivity index (χ4n) is 3.88. The summed E-state index contributed by atoms with van der Waals surface area (Å²) in [4.78, 5) is 19.5. The van der Waals surface area contributed by atoms with Gasteiger partial charge in [-0.3, -0.25) is 4.79 Å². The molecule has 0 bridgehead atoms. The van der Waals surface area contributed by atoms with Gasteiger partial charge in [0.25, 0.3) is 5.91 Å². The Labute approximate surface area is 164 Å². The quantitative estimate of drug-likeness (QED) is 0.759. The first-order valence-electron chi connectivity index (χ1n) is 9.44. The van der Waals surface area contributed by atoms with E-state index < -0.39 is 5.60 Å². The van der Waals surface area contributed by atoms with Crippen LogP contribution in [0.5, 0.6) is 5.75 Å². The maximum Gasteiger partial charge on any atom is 0.255 e. The second-order valence-corrected chi connectivity index (χ2v) is 7.53. The van der Waals surface area contributed by atoms with Crippen molar-refractivity contribution in [3.63, 3.8) is 0 Å². The second-order valence-electron chi connectivity index (χ2n) is 7.53. The molecule has 5 nitrogen and oxygen atoms in total. The number of aromatic nitrogens is 1. The topological polar surface area (TPSA) is 62.7 Å². The molecule has 1 aliphatic rings. The Morgan fingerprint density at radius 3 is 2.64 bits per heavy atom. The number of nitrogens with zero attached hydrogens (tertiary/aromatic N) is 2. The molecule has 1 amide bonds. The van der Waals surface area contributed by atoms with Crippen molar-refractivity contribution in [1.82, 2.24) is 9.88 Å². The normalized spacial score (nSPS) is 19.2. The minimum atomic E-state index is -1.01. The molecular formula is C23H24N2O3. The number of benzene rings is 2. The van der Waals surface area contributed by atoms with E-state index in [1.54, 1.807) is 12.0 Å². The average molecular weight is 376 g/mol. The van der Waals surface area contributed by atoms with E-state index in [4.69, 9.17) is 4.74 Å². The van der Waals surface area contributed by atoms with Gasteiger partial charge in [0.15, 0.2) is 0 Å². The van der Waals surface area contributed by atoms with Gasteiger partial charge >= 0.3 is 0 Å². The smallest absolute Gasteiger partial charge is 0.255 e. The Morgan fingerprint density at radius 2 is 1.93 bits per heavy atom. The molecule has 0 aliphatic carbocycles. The number of β-amino-alcohol motifs (C(OH)–C–C–N with tert-alkyl or cyclic N) is 1. The van der Waals surface area contributed by atoms with Gasteiger partial charge in [0.2, 0.25) is 0 Å². The molecule has 1 atom stereocenters. The number of aliphatic hydroxyl groups is 1. The SMILES string of the molecule is COc1cccc2cc(C(=O)N3CC[C@@](O)(c4ccc(C)cc4)C3)c(C)nc12. The third-order valence-electron chi connectivity index (χ3n) is 5.57. The summed E-state index contributed by atoms with van der Waals surface area (Å²) >= 11 is 0. The predicted molar refractivity (Wildman–Crippen MR) is 109 cm³/mol. The highest BCUT2D eigenvalue weighted by Gasteiger charge is 2.40. The maximum atomic E-state index is 13.2. The summed E-state index contributed by atoms with van der Waals surface area (Å²) < 4.78 is 5.38. The molecular weight excluding hydrogens is 352 g/mol. The van der Waals surface area contributed by atoms with E-state index >= 15 is 0 Å². The number of likely N-dealkylation sites (tertiary alicyclic amines) is 1. The summed E-state index contributed by atoms with van der Waals surface area (Å²) in [5.41, 5.74) is 2.96. The number of para-hydroxylation sites is 1. The van der Waals surface area contributed by atoms with E-state index in [9.17, 15) is 9.90 Å². The molecule has 1 fully saturated rings. The van der Waals surface area contributed by atoms with Gasteiger partial charge in [-0.2, -0.15) is 0 Å². The number of hydrogen-bond donors (Lipinski definition) is 1. The van der Waals surface area contributed by atoms with E-state index in [-0.39, 0.29) is 12.5 Å². The monoisotopic (exact) mass is 376 g/mol.